The van der Waals surface area contributed by atoms with Crippen LogP contribution in [-0.2, 0) is 16.0 Å². The van der Waals surface area contributed by atoms with E-state index in [1.54, 1.807) is 23.1 Å². The van der Waals surface area contributed by atoms with Crippen LogP contribution in [0.3, 0.4) is 0 Å². The van der Waals surface area contributed by atoms with Gasteiger partial charge in [0, 0.05) is 17.3 Å². The summed E-state index contributed by atoms with van der Waals surface area (Å²) in [6, 6.07) is 12.8. The van der Waals surface area contributed by atoms with Gasteiger partial charge >= 0.3 is 0 Å². The normalized spacial score (nSPS) is 17.4. The van der Waals surface area contributed by atoms with E-state index in [2.05, 4.69) is 5.32 Å². The summed E-state index contributed by atoms with van der Waals surface area (Å²) in [5.74, 6) is -0.415. The maximum absolute atomic E-state index is 13.2. The van der Waals surface area contributed by atoms with Crippen LogP contribution in [0.15, 0.2) is 42.5 Å². The van der Waals surface area contributed by atoms with Crippen LogP contribution in [0.2, 0.25) is 10.0 Å². The molecule has 0 unspecified atom stereocenters. The largest absolute Gasteiger partial charge is 0.324 e. The lowest BCUT2D eigenvalue weighted by Crippen LogP contribution is -2.45. The second-order valence-electron chi connectivity index (χ2n) is 6.85. The van der Waals surface area contributed by atoms with E-state index in [1.807, 2.05) is 24.3 Å². The van der Waals surface area contributed by atoms with Gasteiger partial charge in [-0.3, -0.25) is 9.59 Å². The zero-order chi connectivity index (χ0) is 18.3. The predicted octanol–water partition coefficient (Wildman–Crippen LogP) is 4.69. The van der Waals surface area contributed by atoms with Gasteiger partial charge in [0.2, 0.25) is 11.8 Å². The maximum Gasteiger partial charge on any atom is 0.242 e. The van der Waals surface area contributed by atoms with Crippen LogP contribution in [0.4, 0.5) is 11.4 Å². The topological polar surface area (TPSA) is 49.4 Å². The lowest BCUT2D eigenvalue weighted by molar-refractivity contribution is -0.132. The molecule has 2 aromatic rings. The first-order chi connectivity index (χ1) is 12.5. The van der Waals surface area contributed by atoms with Gasteiger partial charge in [0.15, 0.2) is 0 Å². The number of hydrogen-bond acceptors (Lipinski definition) is 2. The Hall–Kier alpha value is -2.04. The molecule has 1 N–H and O–H groups in total. The molecule has 2 amide bonds. The van der Waals surface area contributed by atoms with Gasteiger partial charge in [-0.1, -0.05) is 41.4 Å². The number of benzene rings is 2. The molecular weight excluding hydrogens is 371 g/mol. The monoisotopic (exact) mass is 388 g/mol. The standard InChI is InChI=1S/C20H18Cl2N2O2/c21-14-7-8-16(15(22)12-14)23-18(25)20(9-10-20)19(26)24-11-3-5-13-4-1-2-6-17(13)24/h1-2,4,6-8,12H,3,5,9-11H2,(H,23,25). The Balaban J connectivity index is 1.57. The molecule has 134 valence electrons. The molecule has 1 aliphatic carbocycles. The van der Waals surface area contributed by atoms with Crippen molar-refractivity contribution in [1.29, 1.82) is 0 Å². The summed E-state index contributed by atoms with van der Waals surface area (Å²) in [5, 5.41) is 3.66. The van der Waals surface area contributed by atoms with E-state index in [0.717, 1.165) is 24.1 Å². The fraction of sp³-hybridized carbons (Fsp3) is 0.300. The second-order valence-corrected chi connectivity index (χ2v) is 7.69. The molecule has 2 aliphatic rings. The van der Waals surface area contributed by atoms with Crippen molar-refractivity contribution in [2.24, 2.45) is 5.41 Å². The van der Waals surface area contributed by atoms with Gasteiger partial charge in [-0.15, -0.1) is 0 Å². The number of para-hydroxylation sites is 1. The minimum atomic E-state index is -0.993. The molecule has 1 aliphatic heterocycles. The lowest BCUT2D eigenvalue weighted by Gasteiger charge is -2.32. The summed E-state index contributed by atoms with van der Waals surface area (Å²) in [6.45, 7) is 0.645. The zero-order valence-corrected chi connectivity index (χ0v) is 15.6. The number of halogens is 2. The number of anilines is 2. The van der Waals surface area contributed by atoms with E-state index in [0.29, 0.717) is 35.1 Å². The molecule has 0 bridgehead atoms. The summed E-state index contributed by atoms with van der Waals surface area (Å²) in [6.07, 6.45) is 2.98. The highest BCUT2D eigenvalue weighted by atomic mass is 35.5. The van der Waals surface area contributed by atoms with E-state index in [-0.39, 0.29) is 11.8 Å². The van der Waals surface area contributed by atoms with E-state index in [4.69, 9.17) is 23.2 Å². The third-order valence-corrected chi connectivity index (χ3v) is 5.68. The first kappa shape index (κ1) is 17.4. The fourth-order valence-corrected chi connectivity index (χ4v) is 3.95. The average Bonchev–Trinajstić information content (AvgIpc) is 3.45. The molecule has 0 atom stereocenters. The minimum Gasteiger partial charge on any atom is -0.324 e. The molecule has 4 rings (SSSR count). The maximum atomic E-state index is 13.2. The first-order valence-electron chi connectivity index (χ1n) is 8.68. The third kappa shape index (κ3) is 2.97. The second kappa shape index (κ2) is 6.60. The van der Waals surface area contributed by atoms with E-state index < -0.39 is 5.41 Å². The predicted molar refractivity (Wildman–Crippen MR) is 104 cm³/mol. The Bertz CT molecular complexity index is 893. The number of fused-ring (bicyclic) bond motifs is 1. The first-order valence-corrected chi connectivity index (χ1v) is 9.43. The quantitative estimate of drug-likeness (QED) is 0.775. The lowest BCUT2D eigenvalue weighted by atomic mass is 9.97. The molecule has 2 aromatic carbocycles. The summed E-state index contributed by atoms with van der Waals surface area (Å²) >= 11 is 12.0. The van der Waals surface area contributed by atoms with Crippen molar-refractivity contribution in [2.75, 3.05) is 16.8 Å². The Morgan fingerprint density at radius 2 is 1.85 bits per heavy atom. The summed E-state index contributed by atoms with van der Waals surface area (Å²) in [5.41, 5.74) is 1.56. The minimum absolute atomic E-state index is 0.118. The van der Waals surface area contributed by atoms with Gasteiger partial charge < -0.3 is 10.2 Å². The zero-order valence-electron chi connectivity index (χ0n) is 14.1. The molecule has 6 heteroatoms. The highest BCUT2D eigenvalue weighted by molar-refractivity contribution is 6.37. The van der Waals surface area contributed by atoms with Crippen molar-refractivity contribution in [3.8, 4) is 0 Å². The van der Waals surface area contributed by atoms with Crippen molar-refractivity contribution >= 4 is 46.4 Å². The number of aryl methyl sites for hydroxylation is 1. The number of carbonyl (C=O) groups excluding carboxylic acids is 2. The van der Waals surface area contributed by atoms with Gasteiger partial charge in [0.25, 0.3) is 0 Å². The highest BCUT2D eigenvalue weighted by Crippen LogP contribution is 2.49. The van der Waals surface area contributed by atoms with Crippen LogP contribution in [0.1, 0.15) is 24.8 Å². The van der Waals surface area contributed by atoms with Gasteiger partial charge in [0.1, 0.15) is 5.41 Å². The average molecular weight is 389 g/mol. The molecule has 26 heavy (non-hydrogen) atoms. The van der Waals surface area contributed by atoms with Gasteiger partial charge in [-0.05, 0) is 55.5 Å². The van der Waals surface area contributed by atoms with E-state index in [1.165, 1.54) is 0 Å². The Morgan fingerprint density at radius 3 is 2.58 bits per heavy atom. The summed E-state index contributed by atoms with van der Waals surface area (Å²) in [7, 11) is 0. The van der Waals surface area contributed by atoms with Crippen LogP contribution in [0.25, 0.3) is 0 Å². The number of nitrogens with one attached hydrogen (secondary N) is 1. The molecule has 0 radical (unpaired) electrons. The number of nitrogens with zero attached hydrogens (tertiary/aromatic N) is 1. The molecule has 0 spiro atoms. The number of hydrogen-bond donors (Lipinski definition) is 1. The van der Waals surface area contributed by atoms with Crippen molar-refractivity contribution in [2.45, 2.75) is 25.7 Å². The number of rotatable bonds is 3. The smallest absolute Gasteiger partial charge is 0.242 e. The molecule has 1 fully saturated rings. The summed E-state index contributed by atoms with van der Waals surface area (Å²) < 4.78 is 0. The molecule has 1 saturated carbocycles. The van der Waals surface area contributed by atoms with Crippen LogP contribution >= 0.6 is 23.2 Å². The van der Waals surface area contributed by atoms with Crippen molar-refractivity contribution in [3.63, 3.8) is 0 Å². The van der Waals surface area contributed by atoms with Crippen LogP contribution < -0.4 is 10.2 Å². The van der Waals surface area contributed by atoms with Crippen molar-refractivity contribution in [1.82, 2.24) is 0 Å². The summed E-state index contributed by atoms with van der Waals surface area (Å²) in [4.78, 5) is 27.9. The molecule has 4 nitrogen and oxygen atoms in total. The van der Waals surface area contributed by atoms with Gasteiger partial charge in [-0.25, -0.2) is 0 Å². The van der Waals surface area contributed by atoms with E-state index in [9.17, 15) is 9.59 Å². The SMILES string of the molecule is O=C(Nc1ccc(Cl)cc1Cl)C1(C(=O)N2CCCc3ccccc32)CC1. The molecule has 0 saturated heterocycles. The fourth-order valence-electron chi connectivity index (χ4n) is 3.50. The Kier molecular flexibility index (Phi) is 4.41. The number of amides is 2. The van der Waals surface area contributed by atoms with Crippen molar-refractivity contribution < 1.29 is 9.59 Å². The van der Waals surface area contributed by atoms with Crippen LogP contribution in [0.5, 0.6) is 0 Å². The molecular formula is C20H18Cl2N2O2. The highest BCUT2D eigenvalue weighted by Gasteiger charge is 2.58. The Morgan fingerprint density at radius 1 is 1.08 bits per heavy atom. The molecule has 0 aromatic heterocycles. The van der Waals surface area contributed by atoms with Crippen LogP contribution in [-0.4, -0.2) is 18.4 Å². The third-order valence-electron chi connectivity index (χ3n) is 5.13. The molecule has 1 heterocycles. The van der Waals surface area contributed by atoms with Crippen LogP contribution in [0, 0.1) is 5.41 Å². The van der Waals surface area contributed by atoms with E-state index >= 15 is 0 Å². The Labute approximate surface area is 162 Å². The van der Waals surface area contributed by atoms with Gasteiger partial charge in [0.05, 0.1) is 10.7 Å². The van der Waals surface area contributed by atoms with Gasteiger partial charge in [-0.2, -0.15) is 0 Å². The number of carbonyl (C=O) groups is 2. The van der Waals surface area contributed by atoms with Crippen molar-refractivity contribution in [3.05, 3.63) is 58.1 Å².